The van der Waals surface area contributed by atoms with Crippen molar-refractivity contribution in [3.63, 3.8) is 0 Å². The van der Waals surface area contributed by atoms with Crippen LogP contribution in [-0.2, 0) is 6.54 Å². The molecule has 1 saturated heterocycles. The summed E-state index contributed by atoms with van der Waals surface area (Å²) in [6.07, 6.45) is 4.88. The number of thiazole rings is 1. The fourth-order valence-electron chi connectivity index (χ4n) is 4.21. The first kappa shape index (κ1) is 19.9. The minimum atomic E-state index is 0.259. The van der Waals surface area contributed by atoms with Gasteiger partial charge in [-0.1, -0.05) is 13.0 Å². The molecule has 1 fully saturated rings. The molecule has 3 heterocycles. The standard InChI is InChI=1S/C23H27N3O2S/c1-15-10-19(22-20(27-3)6-5-7-21(22)28-4)26(13-15)14-17-8-9-24-18(11-17)23-25-12-16(2)29-23/h5-9,11-12,15,19H,10,13-14H2,1-4H3. The number of benzene rings is 1. The van der Waals surface area contributed by atoms with Crippen molar-refractivity contribution >= 4 is 11.3 Å². The van der Waals surface area contributed by atoms with Crippen LogP contribution < -0.4 is 9.47 Å². The molecule has 0 saturated carbocycles. The van der Waals surface area contributed by atoms with Gasteiger partial charge < -0.3 is 9.47 Å². The van der Waals surface area contributed by atoms with E-state index in [0.29, 0.717) is 5.92 Å². The number of ether oxygens (including phenoxy) is 2. The summed E-state index contributed by atoms with van der Waals surface area (Å²) >= 11 is 1.68. The summed E-state index contributed by atoms with van der Waals surface area (Å²) in [6.45, 7) is 6.28. The van der Waals surface area contributed by atoms with Crippen molar-refractivity contribution < 1.29 is 9.47 Å². The topological polar surface area (TPSA) is 47.5 Å². The Morgan fingerprint density at radius 2 is 1.90 bits per heavy atom. The molecule has 0 amide bonds. The molecule has 3 aromatic rings. The first-order valence-electron chi connectivity index (χ1n) is 9.91. The number of hydrogen-bond acceptors (Lipinski definition) is 6. The van der Waals surface area contributed by atoms with E-state index >= 15 is 0 Å². The molecule has 0 N–H and O–H groups in total. The van der Waals surface area contributed by atoms with Crippen molar-refractivity contribution in [3.05, 3.63) is 58.7 Å². The van der Waals surface area contributed by atoms with Gasteiger partial charge in [-0.05, 0) is 49.1 Å². The van der Waals surface area contributed by atoms with E-state index in [-0.39, 0.29) is 6.04 Å². The van der Waals surface area contributed by atoms with Crippen molar-refractivity contribution in [2.45, 2.75) is 32.9 Å². The Balaban J connectivity index is 1.64. The van der Waals surface area contributed by atoms with E-state index in [0.717, 1.165) is 47.3 Å². The summed E-state index contributed by atoms with van der Waals surface area (Å²) < 4.78 is 11.4. The predicted octanol–water partition coefficient (Wildman–Crippen LogP) is 5.11. The fraction of sp³-hybridized carbons (Fsp3) is 0.391. The lowest BCUT2D eigenvalue weighted by Crippen LogP contribution is -2.24. The molecule has 1 aliphatic rings. The van der Waals surface area contributed by atoms with Crippen LogP contribution in [0.2, 0.25) is 0 Å². The molecule has 2 aromatic heterocycles. The largest absolute Gasteiger partial charge is 0.496 e. The highest BCUT2D eigenvalue weighted by atomic mass is 32.1. The molecule has 152 valence electrons. The molecule has 2 atom stereocenters. The van der Waals surface area contributed by atoms with Gasteiger partial charge in [-0.3, -0.25) is 9.88 Å². The van der Waals surface area contributed by atoms with E-state index in [9.17, 15) is 0 Å². The van der Waals surface area contributed by atoms with Gasteiger partial charge >= 0.3 is 0 Å². The molecule has 6 heteroatoms. The Kier molecular flexibility index (Phi) is 5.83. The second kappa shape index (κ2) is 8.51. The van der Waals surface area contributed by atoms with Gasteiger partial charge in [0, 0.05) is 36.4 Å². The summed E-state index contributed by atoms with van der Waals surface area (Å²) in [5.41, 5.74) is 3.33. The Bertz CT molecular complexity index is 966. The quantitative estimate of drug-likeness (QED) is 0.566. The molecule has 0 bridgehead atoms. The molecule has 2 unspecified atom stereocenters. The van der Waals surface area contributed by atoms with Gasteiger partial charge in [0.05, 0.1) is 25.5 Å². The van der Waals surface area contributed by atoms with Gasteiger partial charge in [0.15, 0.2) is 0 Å². The van der Waals surface area contributed by atoms with Crippen molar-refractivity contribution in [3.8, 4) is 22.2 Å². The summed E-state index contributed by atoms with van der Waals surface area (Å²) in [6, 6.07) is 10.5. The molecule has 5 nitrogen and oxygen atoms in total. The van der Waals surface area contributed by atoms with Gasteiger partial charge in [0.25, 0.3) is 0 Å². The monoisotopic (exact) mass is 409 g/mol. The fourth-order valence-corrected chi connectivity index (χ4v) is 4.95. The first-order valence-corrected chi connectivity index (χ1v) is 10.7. The number of methoxy groups -OCH3 is 2. The molecular weight excluding hydrogens is 382 g/mol. The van der Waals surface area contributed by atoms with Gasteiger partial charge in [-0.25, -0.2) is 4.98 Å². The van der Waals surface area contributed by atoms with Crippen LogP contribution in [0.1, 0.15) is 35.4 Å². The van der Waals surface area contributed by atoms with E-state index < -0.39 is 0 Å². The van der Waals surface area contributed by atoms with Crippen molar-refractivity contribution in [1.29, 1.82) is 0 Å². The number of pyridine rings is 1. The van der Waals surface area contributed by atoms with Crippen LogP contribution in [-0.4, -0.2) is 35.6 Å². The average Bonchev–Trinajstić information content (AvgIpc) is 3.32. The maximum Gasteiger partial charge on any atom is 0.142 e. The minimum Gasteiger partial charge on any atom is -0.496 e. The zero-order valence-electron chi connectivity index (χ0n) is 17.4. The predicted molar refractivity (Wildman–Crippen MR) is 117 cm³/mol. The Morgan fingerprint density at radius 1 is 1.14 bits per heavy atom. The van der Waals surface area contributed by atoms with E-state index in [1.807, 2.05) is 30.6 Å². The molecular formula is C23H27N3O2S. The highest BCUT2D eigenvalue weighted by Crippen LogP contribution is 2.44. The van der Waals surface area contributed by atoms with Crippen LogP contribution in [0.25, 0.3) is 10.7 Å². The molecule has 4 rings (SSSR count). The lowest BCUT2D eigenvalue weighted by molar-refractivity contribution is 0.234. The van der Waals surface area contributed by atoms with Gasteiger partial charge in [0.1, 0.15) is 16.5 Å². The Morgan fingerprint density at radius 3 is 2.55 bits per heavy atom. The normalized spacial score (nSPS) is 19.4. The summed E-state index contributed by atoms with van der Waals surface area (Å²) in [7, 11) is 3.46. The SMILES string of the molecule is COc1cccc(OC)c1C1CC(C)CN1Cc1ccnc(-c2ncc(C)s2)c1. The van der Waals surface area contributed by atoms with Gasteiger partial charge in [-0.15, -0.1) is 11.3 Å². The van der Waals surface area contributed by atoms with Crippen molar-refractivity contribution in [1.82, 2.24) is 14.9 Å². The maximum atomic E-state index is 5.69. The van der Waals surface area contributed by atoms with Crippen LogP contribution in [0.4, 0.5) is 0 Å². The third-order valence-electron chi connectivity index (χ3n) is 5.46. The first-order chi connectivity index (χ1) is 14.1. The third kappa shape index (κ3) is 4.14. The highest BCUT2D eigenvalue weighted by Gasteiger charge is 2.34. The van der Waals surface area contributed by atoms with Crippen molar-refractivity contribution in [2.24, 2.45) is 5.92 Å². The van der Waals surface area contributed by atoms with Crippen LogP contribution in [0.3, 0.4) is 0 Å². The maximum absolute atomic E-state index is 5.69. The van der Waals surface area contributed by atoms with Gasteiger partial charge in [0.2, 0.25) is 0 Å². The summed E-state index contributed by atoms with van der Waals surface area (Å²) in [5.74, 6) is 2.39. The smallest absolute Gasteiger partial charge is 0.142 e. The lowest BCUT2D eigenvalue weighted by atomic mass is 9.98. The molecule has 0 aliphatic carbocycles. The van der Waals surface area contributed by atoms with E-state index in [1.165, 1.54) is 10.4 Å². The Hall–Kier alpha value is -2.44. The molecule has 29 heavy (non-hydrogen) atoms. The Labute approximate surface area is 176 Å². The molecule has 1 aliphatic heterocycles. The number of aromatic nitrogens is 2. The highest BCUT2D eigenvalue weighted by molar-refractivity contribution is 7.14. The second-order valence-corrected chi connectivity index (χ2v) is 8.92. The number of rotatable bonds is 6. The summed E-state index contributed by atoms with van der Waals surface area (Å²) in [5, 5.41) is 0.974. The van der Waals surface area contributed by atoms with Crippen LogP contribution in [0, 0.1) is 12.8 Å². The molecule has 0 radical (unpaired) electrons. The number of hydrogen-bond donors (Lipinski definition) is 0. The van der Waals surface area contributed by atoms with Crippen LogP contribution in [0.15, 0.2) is 42.7 Å². The van der Waals surface area contributed by atoms with E-state index in [2.05, 4.69) is 40.8 Å². The number of aryl methyl sites for hydroxylation is 1. The zero-order chi connectivity index (χ0) is 20.4. The average molecular weight is 410 g/mol. The minimum absolute atomic E-state index is 0.259. The lowest BCUT2D eigenvalue weighted by Gasteiger charge is -2.27. The molecule has 0 spiro atoms. The van der Waals surface area contributed by atoms with E-state index in [1.54, 1.807) is 25.6 Å². The molecule has 1 aromatic carbocycles. The number of likely N-dealkylation sites (tertiary alicyclic amines) is 1. The van der Waals surface area contributed by atoms with Crippen LogP contribution >= 0.6 is 11.3 Å². The second-order valence-electron chi connectivity index (χ2n) is 7.69. The zero-order valence-corrected chi connectivity index (χ0v) is 18.2. The summed E-state index contributed by atoms with van der Waals surface area (Å²) in [4.78, 5) is 12.7. The van der Waals surface area contributed by atoms with Crippen LogP contribution in [0.5, 0.6) is 11.5 Å². The third-order valence-corrected chi connectivity index (χ3v) is 6.40. The van der Waals surface area contributed by atoms with Gasteiger partial charge in [-0.2, -0.15) is 0 Å². The number of nitrogens with zero attached hydrogens (tertiary/aromatic N) is 3. The van der Waals surface area contributed by atoms with Crippen molar-refractivity contribution in [2.75, 3.05) is 20.8 Å². The van der Waals surface area contributed by atoms with E-state index in [4.69, 9.17) is 9.47 Å².